The summed E-state index contributed by atoms with van der Waals surface area (Å²) in [6.07, 6.45) is -0.879. The topological polar surface area (TPSA) is 49.7 Å². The fourth-order valence-corrected chi connectivity index (χ4v) is 6.40. The molecular formula is C27H37F7O3. The van der Waals surface area contributed by atoms with Crippen LogP contribution in [0.25, 0.3) is 0 Å². The van der Waals surface area contributed by atoms with Crippen molar-refractivity contribution in [2.45, 2.75) is 108 Å². The summed E-state index contributed by atoms with van der Waals surface area (Å²) in [5, 5.41) is 20.0. The molecule has 2 aliphatic rings. The number of hydrogen-bond donors (Lipinski definition) is 2. The molecule has 37 heavy (non-hydrogen) atoms. The number of benzene rings is 1. The molecule has 2 saturated carbocycles. The molecule has 0 amide bonds. The van der Waals surface area contributed by atoms with E-state index in [0.717, 1.165) is 51.4 Å². The smallest absolute Gasteiger partial charge is 0.393 e. The second-order valence-corrected chi connectivity index (χ2v) is 11.0. The summed E-state index contributed by atoms with van der Waals surface area (Å²) in [6, 6.07) is 1.41. The molecule has 3 nitrogen and oxygen atoms in total. The van der Waals surface area contributed by atoms with Crippen LogP contribution >= 0.6 is 0 Å². The van der Waals surface area contributed by atoms with Gasteiger partial charge in [-0.2, -0.15) is 8.78 Å². The van der Waals surface area contributed by atoms with E-state index in [1.165, 1.54) is 0 Å². The minimum absolute atomic E-state index is 0.173. The molecule has 212 valence electrons. The first-order chi connectivity index (χ1) is 17.3. The Balaban J connectivity index is 1.52. The van der Waals surface area contributed by atoms with Crippen LogP contribution in [-0.4, -0.2) is 28.8 Å². The van der Waals surface area contributed by atoms with Crippen LogP contribution in [-0.2, 0) is 10.8 Å². The summed E-state index contributed by atoms with van der Waals surface area (Å²) in [6.45, 7) is 1.76. The maximum Gasteiger partial charge on any atom is 0.527 e. The Morgan fingerprint density at radius 2 is 1.35 bits per heavy atom. The summed E-state index contributed by atoms with van der Waals surface area (Å²) in [4.78, 5) is 0. The molecule has 1 aromatic carbocycles. The zero-order valence-corrected chi connectivity index (χ0v) is 21.1. The highest BCUT2D eigenvalue weighted by Gasteiger charge is 2.49. The molecule has 0 radical (unpaired) electrons. The van der Waals surface area contributed by atoms with E-state index < -0.39 is 35.3 Å². The van der Waals surface area contributed by atoms with Crippen LogP contribution in [0.4, 0.5) is 30.7 Å². The van der Waals surface area contributed by atoms with Gasteiger partial charge in [-0.1, -0.05) is 26.2 Å². The van der Waals surface area contributed by atoms with Gasteiger partial charge in [-0.25, -0.2) is 13.5 Å². The summed E-state index contributed by atoms with van der Waals surface area (Å²) in [5.41, 5.74) is -2.86. The summed E-state index contributed by atoms with van der Waals surface area (Å²) < 4.78 is 95.6. The van der Waals surface area contributed by atoms with E-state index in [4.69, 9.17) is 0 Å². The number of rotatable bonds is 10. The summed E-state index contributed by atoms with van der Waals surface area (Å²) in [5.74, 6) is -2.24. The van der Waals surface area contributed by atoms with Gasteiger partial charge >= 0.3 is 12.5 Å². The van der Waals surface area contributed by atoms with Gasteiger partial charge in [0.15, 0.2) is 0 Å². The van der Waals surface area contributed by atoms with Gasteiger partial charge in [0, 0.05) is 0 Å². The van der Waals surface area contributed by atoms with E-state index in [9.17, 15) is 40.9 Å². The van der Waals surface area contributed by atoms with E-state index >= 15 is 0 Å². The van der Waals surface area contributed by atoms with Crippen molar-refractivity contribution in [2.75, 3.05) is 6.61 Å². The van der Waals surface area contributed by atoms with E-state index in [-0.39, 0.29) is 18.1 Å². The van der Waals surface area contributed by atoms with Crippen LogP contribution in [0.15, 0.2) is 12.1 Å². The van der Waals surface area contributed by atoms with Gasteiger partial charge in [-0.15, -0.1) is 13.2 Å². The summed E-state index contributed by atoms with van der Waals surface area (Å²) in [7, 11) is 0. The van der Waals surface area contributed by atoms with Crippen LogP contribution in [0, 0.1) is 29.4 Å². The van der Waals surface area contributed by atoms with Crippen molar-refractivity contribution < 1.29 is 45.7 Å². The van der Waals surface area contributed by atoms with Crippen molar-refractivity contribution in [1.29, 1.82) is 0 Å². The molecule has 2 aliphatic carbocycles. The molecule has 2 N–H and O–H groups in total. The molecule has 0 spiro atoms. The molecule has 3 rings (SSSR count). The van der Waals surface area contributed by atoms with Gasteiger partial charge in [0.05, 0.1) is 12.2 Å². The molecule has 2 fully saturated rings. The van der Waals surface area contributed by atoms with Crippen LogP contribution in [0.1, 0.15) is 101 Å². The highest BCUT2D eigenvalue weighted by atomic mass is 19.4. The summed E-state index contributed by atoms with van der Waals surface area (Å²) >= 11 is 0. The quantitative estimate of drug-likeness (QED) is 0.295. The lowest BCUT2D eigenvalue weighted by Crippen LogP contribution is -2.34. The highest BCUT2D eigenvalue weighted by molar-refractivity contribution is 5.31. The molecule has 1 aromatic rings. The normalized spacial score (nSPS) is 27.2. The minimum Gasteiger partial charge on any atom is -0.393 e. The monoisotopic (exact) mass is 542 g/mol. The Labute approximate surface area is 213 Å². The second kappa shape index (κ2) is 12.2. The molecule has 1 unspecified atom stereocenters. The standard InChI is InChI=1S/C27H37F7O3/c1-2-12-25(36,16-35)13-11-17-3-5-18(6-4-17)19-7-9-20(10-8-19)21-14-22(28)24(23(29)15-21)26(30,31)37-27(32,33)34/h14-15,17-20,35-36H,2-13,16H2,1H3. The van der Waals surface area contributed by atoms with Gasteiger partial charge in [0.25, 0.3) is 0 Å². The number of aliphatic hydroxyl groups is 2. The van der Waals surface area contributed by atoms with Crippen LogP contribution in [0.2, 0.25) is 0 Å². The minimum atomic E-state index is -5.75. The van der Waals surface area contributed by atoms with Crippen LogP contribution in [0.3, 0.4) is 0 Å². The van der Waals surface area contributed by atoms with Gasteiger partial charge in [-0.05, 0) is 99.2 Å². The second-order valence-electron chi connectivity index (χ2n) is 11.0. The molecule has 10 heteroatoms. The largest absolute Gasteiger partial charge is 0.527 e. The third-order valence-corrected chi connectivity index (χ3v) is 8.43. The predicted molar refractivity (Wildman–Crippen MR) is 124 cm³/mol. The first kappa shape index (κ1) is 30.2. The van der Waals surface area contributed by atoms with Crippen molar-refractivity contribution in [2.24, 2.45) is 17.8 Å². The number of hydrogen-bond acceptors (Lipinski definition) is 3. The Kier molecular flexibility index (Phi) is 9.94. The first-order valence-electron chi connectivity index (χ1n) is 13.2. The number of ether oxygens (including phenoxy) is 1. The number of aliphatic hydroxyl groups excluding tert-OH is 1. The number of alkyl halides is 5. The molecule has 0 bridgehead atoms. The van der Waals surface area contributed by atoms with E-state index in [2.05, 4.69) is 4.74 Å². The third kappa shape index (κ3) is 8.05. The maximum atomic E-state index is 14.3. The average molecular weight is 543 g/mol. The lowest BCUT2D eigenvalue weighted by Gasteiger charge is -2.38. The van der Waals surface area contributed by atoms with Gasteiger partial charge in [0.2, 0.25) is 0 Å². The highest BCUT2D eigenvalue weighted by Crippen LogP contribution is 2.46. The van der Waals surface area contributed by atoms with Crippen molar-refractivity contribution in [1.82, 2.24) is 0 Å². The van der Waals surface area contributed by atoms with E-state index in [1.54, 1.807) is 0 Å². The van der Waals surface area contributed by atoms with Crippen molar-refractivity contribution in [3.05, 3.63) is 34.9 Å². The predicted octanol–water partition coefficient (Wildman–Crippen LogP) is 7.93. The van der Waals surface area contributed by atoms with Crippen LogP contribution < -0.4 is 0 Å². The fourth-order valence-electron chi connectivity index (χ4n) is 6.40. The zero-order chi connectivity index (χ0) is 27.4. The van der Waals surface area contributed by atoms with Crippen LogP contribution in [0.5, 0.6) is 0 Å². The van der Waals surface area contributed by atoms with Gasteiger partial charge in [0.1, 0.15) is 17.2 Å². The molecule has 0 aromatic heterocycles. The van der Waals surface area contributed by atoms with Crippen molar-refractivity contribution in [3.63, 3.8) is 0 Å². The Hall–Kier alpha value is -1.39. The fraction of sp³-hybridized carbons (Fsp3) is 0.778. The molecule has 0 heterocycles. The molecule has 0 saturated heterocycles. The zero-order valence-electron chi connectivity index (χ0n) is 21.1. The third-order valence-electron chi connectivity index (χ3n) is 8.43. The van der Waals surface area contributed by atoms with Crippen molar-refractivity contribution in [3.8, 4) is 0 Å². The SMILES string of the molecule is CCCC(O)(CO)CCC1CCC(C2CCC(c3cc(F)c(C(F)(F)OC(F)(F)F)c(F)c3)CC2)CC1. The molecule has 0 aliphatic heterocycles. The lowest BCUT2D eigenvalue weighted by atomic mass is 9.67. The molecular weight excluding hydrogens is 505 g/mol. The van der Waals surface area contributed by atoms with E-state index in [1.807, 2.05) is 6.92 Å². The number of halogens is 7. The van der Waals surface area contributed by atoms with E-state index in [0.29, 0.717) is 55.6 Å². The average Bonchev–Trinajstić information content (AvgIpc) is 2.81. The molecule has 1 atom stereocenters. The maximum absolute atomic E-state index is 14.3. The first-order valence-corrected chi connectivity index (χ1v) is 13.2. The van der Waals surface area contributed by atoms with Gasteiger partial charge in [-0.3, -0.25) is 0 Å². The Bertz CT molecular complexity index is 852. The lowest BCUT2D eigenvalue weighted by molar-refractivity contribution is -0.432. The Morgan fingerprint density at radius 1 is 0.838 bits per heavy atom. The van der Waals surface area contributed by atoms with Gasteiger partial charge < -0.3 is 10.2 Å². The van der Waals surface area contributed by atoms with Crippen molar-refractivity contribution >= 4 is 0 Å². The Morgan fingerprint density at radius 3 is 1.81 bits per heavy atom.